The van der Waals surface area contributed by atoms with E-state index in [-0.39, 0.29) is 6.04 Å². The second kappa shape index (κ2) is 6.69. The largest absolute Gasteiger partial charge is 0.378 e. The minimum atomic E-state index is 0.244. The van der Waals surface area contributed by atoms with Gasteiger partial charge in [0.25, 0.3) is 0 Å². The molecule has 0 radical (unpaired) electrons. The lowest BCUT2D eigenvalue weighted by Crippen LogP contribution is -2.34. The van der Waals surface area contributed by atoms with E-state index in [9.17, 15) is 0 Å². The third kappa shape index (κ3) is 3.27. The molecular formula is C11H15ClIN3OS. The van der Waals surface area contributed by atoms with Crippen molar-refractivity contribution in [3.63, 3.8) is 0 Å². The zero-order valence-corrected chi connectivity index (χ0v) is 14.0. The quantitative estimate of drug-likeness (QED) is 0.577. The molecule has 0 aromatic carbocycles. The van der Waals surface area contributed by atoms with Gasteiger partial charge in [-0.2, -0.15) is 11.8 Å². The van der Waals surface area contributed by atoms with Crippen LogP contribution in [0.1, 0.15) is 17.6 Å². The SMILES string of the molecule is COCc1nc(C2CSCCN2C)nc(Cl)c1I. The Hall–Kier alpha value is 0.370. The van der Waals surface area contributed by atoms with E-state index in [1.807, 2.05) is 11.8 Å². The first kappa shape index (κ1) is 14.8. The van der Waals surface area contributed by atoms with Crippen molar-refractivity contribution in [1.82, 2.24) is 14.9 Å². The molecule has 0 N–H and O–H groups in total. The van der Waals surface area contributed by atoms with Crippen LogP contribution in [-0.4, -0.2) is 47.1 Å². The van der Waals surface area contributed by atoms with Crippen LogP contribution in [0.3, 0.4) is 0 Å². The molecule has 2 heterocycles. The van der Waals surface area contributed by atoms with Crippen LogP contribution in [0.2, 0.25) is 5.15 Å². The second-order valence-electron chi connectivity index (χ2n) is 4.14. The maximum absolute atomic E-state index is 6.18. The highest BCUT2D eigenvalue weighted by Crippen LogP contribution is 2.28. The van der Waals surface area contributed by atoms with Gasteiger partial charge in [-0.05, 0) is 29.6 Å². The minimum absolute atomic E-state index is 0.244. The molecule has 1 aromatic heterocycles. The van der Waals surface area contributed by atoms with E-state index in [0.29, 0.717) is 11.8 Å². The molecule has 0 spiro atoms. The lowest BCUT2D eigenvalue weighted by atomic mass is 10.2. The average molecular weight is 400 g/mol. The Labute approximate surface area is 130 Å². The van der Waals surface area contributed by atoms with Crippen molar-refractivity contribution in [2.75, 3.05) is 32.2 Å². The number of methoxy groups -OCH3 is 1. The Bertz CT molecular complexity index is 435. The molecule has 2 rings (SSSR count). The summed E-state index contributed by atoms with van der Waals surface area (Å²) in [6.07, 6.45) is 0. The first-order valence-electron chi connectivity index (χ1n) is 5.62. The molecule has 1 aliphatic rings. The normalized spacial score (nSPS) is 21.2. The molecule has 1 saturated heterocycles. The fraction of sp³-hybridized carbons (Fsp3) is 0.636. The summed E-state index contributed by atoms with van der Waals surface area (Å²) < 4.78 is 6.04. The molecule has 1 aliphatic heterocycles. The predicted octanol–water partition coefficient (Wildman–Crippen LogP) is 2.60. The van der Waals surface area contributed by atoms with Gasteiger partial charge >= 0.3 is 0 Å². The van der Waals surface area contributed by atoms with Gasteiger partial charge in [0.15, 0.2) is 0 Å². The van der Waals surface area contributed by atoms with Gasteiger partial charge in [-0.3, -0.25) is 4.90 Å². The number of nitrogens with zero attached hydrogens (tertiary/aromatic N) is 3. The van der Waals surface area contributed by atoms with Gasteiger partial charge in [0.1, 0.15) is 11.0 Å². The maximum Gasteiger partial charge on any atom is 0.148 e. The van der Waals surface area contributed by atoms with Gasteiger partial charge in [-0.15, -0.1) is 0 Å². The Balaban J connectivity index is 2.32. The number of aromatic nitrogens is 2. The van der Waals surface area contributed by atoms with Crippen molar-refractivity contribution in [1.29, 1.82) is 0 Å². The molecular weight excluding hydrogens is 385 g/mol. The minimum Gasteiger partial charge on any atom is -0.378 e. The fourth-order valence-corrected chi connectivity index (χ4v) is 3.62. The van der Waals surface area contributed by atoms with Crippen LogP contribution in [0, 0.1) is 3.57 Å². The molecule has 0 bridgehead atoms. The standard InChI is InChI=1S/C11H15ClIN3OS/c1-16-3-4-18-6-8(16)11-14-7(5-17-2)9(13)10(12)15-11/h8H,3-6H2,1-2H3. The Morgan fingerprint density at radius 3 is 3.00 bits per heavy atom. The summed E-state index contributed by atoms with van der Waals surface area (Å²) in [5.74, 6) is 2.98. The van der Waals surface area contributed by atoms with Gasteiger partial charge in [-0.25, -0.2) is 9.97 Å². The highest BCUT2D eigenvalue weighted by atomic mass is 127. The van der Waals surface area contributed by atoms with Crippen molar-refractivity contribution in [2.45, 2.75) is 12.6 Å². The molecule has 0 amide bonds. The Morgan fingerprint density at radius 2 is 2.33 bits per heavy atom. The van der Waals surface area contributed by atoms with Gasteiger partial charge in [0.05, 0.1) is 21.9 Å². The molecule has 18 heavy (non-hydrogen) atoms. The number of halogens is 2. The van der Waals surface area contributed by atoms with E-state index >= 15 is 0 Å². The summed E-state index contributed by atoms with van der Waals surface area (Å²) in [7, 11) is 3.77. The molecule has 0 saturated carbocycles. The van der Waals surface area contributed by atoms with Gasteiger partial charge in [-0.1, -0.05) is 11.6 Å². The molecule has 0 aliphatic carbocycles. The van der Waals surface area contributed by atoms with Gasteiger partial charge in [0, 0.05) is 25.2 Å². The first-order valence-corrected chi connectivity index (χ1v) is 8.23. The summed E-state index contributed by atoms with van der Waals surface area (Å²) in [5, 5.41) is 0.525. The van der Waals surface area contributed by atoms with Crippen molar-refractivity contribution >= 4 is 46.0 Å². The summed E-state index contributed by atoms with van der Waals surface area (Å²) in [4.78, 5) is 11.3. The van der Waals surface area contributed by atoms with Gasteiger partial charge < -0.3 is 4.74 Å². The van der Waals surface area contributed by atoms with E-state index in [4.69, 9.17) is 16.3 Å². The topological polar surface area (TPSA) is 38.2 Å². The highest BCUT2D eigenvalue weighted by molar-refractivity contribution is 14.1. The van der Waals surface area contributed by atoms with Crippen LogP contribution in [0.5, 0.6) is 0 Å². The van der Waals surface area contributed by atoms with Crippen molar-refractivity contribution < 1.29 is 4.74 Å². The van der Waals surface area contributed by atoms with E-state index in [2.05, 4.69) is 44.5 Å². The number of rotatable bonds is 3. The lowest BCUT2D eigenvalue weighted by molar-refractivity contribution is 0.179. The summed E-state index contributed by atoms with van der Waals surface area (Å²) in [6, 6.07) is 0.244. The third-order valence-corrected chi connectivity index (χ3v) is 5.62. The first-order chi connectivity index (χ1) is 8.63. The van der Waals surface area contributed by atoms with E-state index < -0.39 is 0 Å². The molecule has 4 nitrogen and oxygen atoms in total. The predicted molar refractivity (Wildman–Crippen MR) is 83.2 cm³/mol. The molecule has 7 heteroatoms. The molecule has 1 atom stereocenters. The molecule has 1 unspecified atom stereocenters. The molecule has 1 fully saturated rings. The summed E-state index contributed by atoms with van der Waals surface area (Å²) >= 11 is 10.3. The van der Waals surface area contributed by atoms with E-state index in [1.54, 1.807) is 7.11 Å². The van der Waals surface area contributed by atoms with Gasteiger partial charge in [0.2, 0.25) is 0 Å². The lowest BCUT2D eigenvalue weighted by Gasteiger charge is -2.31. The summed E-state index contributed by atoms with van der Waals surface area (Å²) in [6.45, 7) is 1.53. The Morgan fingerprint density at radius 1 is 1.56 bits per heavy atom. The third-order valence-electron chi connectivity index (χ3n) is 2.87. The second-order valence-corrected chi connectivity index (χ2v) is 6.72. The van der Waals surface area contributed by atoms with Crippen molar-refractivity contribution in [3.05, 3.63) is 20.2 Å². The zero-order valence-electron chi connectivity index (χ0n) is 10.3. The number of hydrogen-bond acceptors (Lipinski definition) is 5. The molecule has 1 aromatic rings. The van der Waals surface area contributed by atoms with E-state index in [0.717, 1.165) is 33.1 Å². The molecule has 100 valence electrons. The van der Waals surface area contributed by atoms with Crippen LogP contribution >= 0.6 is 46.0 Å². The van der Waals surface area contributed by atoms with E-state index in [1.165, 1.54) is 0 Å². The van der Waals surface area contributed by atoms with Crippen molar-refractivity contribution in [2.24, 2.45) is 0 Å². The number of ether oxygens (including phenoxy) is 1. The number of thioether (sulfide) groups is 1. The average Bonchev–Trinajstić information content (AvgIpc) is 2.35. The van der Waals surface area contributed by atoms with Crippen molar-refractivity contribution in [3.8, 4) is 0 Å². The number of hydrogen-bond donors (Lipinski definition) is 0. The summed E-state index contributed by atoms with van der Waals surface area (Å²) in [5.41, 5.74) is 0.872. The van der Waals surface area contributed by atoms with Crippen LogP contribution in [0.4, 0.5) is 0 Å². The van der Waals surface area contributed by atoms with Crippen LogP contribution < -0.4 is 0 Å². The van der Waals surface area contributed by atoms with Crippen LogP contribution in [-0.2, 0) is 11.3 Å². The van der Waals surface area contributed by atoms with Crippen LogP contribution in [0.25, 0.3) is 0 Å². The maximum atomic E-state index is 6.18. The highest BCUT2D eigenvalue weighted by Gasteiger charge is 2.25. The zero-order chi connectivity index (χ0) is 13.1. The Kier molecular flexibility index (Phi) is 5.49. The smallest absolute Gasteiger partial charge is 0.148 e. The fourth-order valence-electron chi connectivity index (χ4n) is 1.82. The monoisotopic (exact) mass is 399 g/mol. The van der Waals surface area contributed by atoms with Crippen LogP contribution in [0.15, 0.2) is 0 Å².